The summed E-state index contributed by atoms with van der Waals surface area (Å²) in [5, 5.41) is 10.2. The molecule has 5 aromatic rings. The van der Waals surface area contributed by atoms with Gasteiger partial charge in [-0.1, -0.05) is 24.3 Å². The second-order valence-corrected chi connectivity index (χ2v) is 7.26. The number of para-hydroxylation sites is 1. The third-order valence-electron chi connectivity index (χ3n) is 4.40. The predicted molar refractivity (Wildman–Crippen MR) is 110 cm³/mol. The van der Waals surface area contributed by atoms with E-state index in [1.165, 1.54) is 11.3 Å². The lowest BCUT2D eigenvalue weighted by molar-refractivity contribution is 0.0950. The van der Waals surface area contributed by atoms with Crippen LogP contribution < -0.4 is 10.1 Å². The Morgan fingerprint density at radius 2 is 2.10 bits per heavy atom. The Balaban J connectivity index is 1.31. The lowest BCUT2D eigenvalue weighted by Gasteiger charge is -2.07. The molecule has 4 heterocycles. The number of ether oxygens (including phenoxy) is 1. The third kappa shape index (κ3) is 3.45. The van der Waals surface area contributed by atoms with Gasteiger partial charge in [-0.3, -0.25) is 4.79 Å². The molecule has 29 heavy (non-hydrogen) atoms. The van der Waals surface area contributed by atoms with E-state index in [9.17, 15) is 4.79 Å². The first-order valence-electron chi connectivity index (χ1n) is 9.06. The number of nitrogens with zero attached hydrogens (tertiary/aromatic N) is 3. The Kier molecular flexibility index (Phi) is 4.45. The number of carbonyl (C=O) groups is 1. The standard InChI is InChI=1S/C21H16N4O3S/c26-21(18-6-3-11-29-18)22-9-10-27-20-8-7-19-23-13-15(25(19)24-20)17-12-14-4-1-2-5-16(14)28-17/h1-8,11-13H,9-10H2,(H,22,26). The molecule has 0 saturated carbocycles. The van der Waals surface area contributed by atoms with Crippen molar-refractivity contribution in [2.75, 3.05) is 13.2 Å². The monoisotopic (exact) mass is 404 g/mol. The van der Waals surface area contributed by atoms with Crippen LogP contribution in [-0.4, -0.2) is 33.7 Å². The van der Waals surface area contributed by atoms with Crippen molar-refractivity contribution in [3.05, 3.63) is 71.1 Å². The van der Waals surface area contributed by atoms with Gasteiger partial charge >= 0.3 is 0 Å². The van der Waals surface area contributed by atoms with E-state index >= 15 is 0 Å². The second-order valence-electron chi connectivity index (χ2n) is 6.32. The maximum absolute atomic E-state index is 11.9. The number of benzene rings is 1. The van der Waals surface area contributed by atoms with Crippen molar-refractivity contribution in [3.63, 3.8) is 0 Å². The lowest BCUT2D eigenvalue weighted by Crippen LogP contribution is -2.27. The van der Waals surface area contributed by atoms with Crippen molar-refractivity contribution in [1.29, 1.82) is 0 Å². The van der Waals surface area contributed by atoms with Crippen LogP contribution in [0.4, 0.5) is 0 Å². The lowest BCUT2D eigenvalue weighted by atomic mass is 10.2. The molecule has 0 radical (unpaired) electrons. The van der Waals surface area contributed by atoms with E-state index in [1.54, 1.807) is 22.8 Å². The molecule has 144 valence electrons. The highest BCUT2D eigenvalue weighted by Crippen LogP contribution is 2.28. The number of imidazole rings is 1. The molecule has 1 amide bonds. The first-order chi connectivity index (χ1) is 14.3. The Bertz CT molecular complexity index is 1260. The van der Waals surface area contributed by atoms with E-state index in [0.29, 0.717) is 35.3 Å². The molecule has 0 fully saturated rings. The summed E-state index contributed by atoms with van der Waals surface area (Å²) in [5.74, 6) is 1.03. The van der Waals surface area contributed by atoms with Crippen LogP contribution in [0.1, 0.15) is 9.67 Å². The summed E-state index contributed by atoms with van der Waals surface area (Å²) in [6.45, 7) is 0.696. The van der Waals surface area contributed by atoms with Crippen LogP contribution in [-0.2, 0) is 0 Å². The molecule has 4 aromatic heterocycles. The fourth-order valence-corrected chi connectivity index (χ4v) is 3.66. The Morgan fingerprint density at radius 1 is 1.17 bits per heavy atom. The van der Waals surface area contributed by atoms with Crippen molar-refractivity contribution in [3.8, 4) is 17.3 Å². The predicted octanol–water partition coefficient (Wildman–Crippen LogP) is 4.01. The number of carbonyl (C=O) groups excluding carboxylic acids is 1. The normalized spacial score (nSPS) is 11.2. The number of furan rings is 1. The molecule has 0 aliphatic carbocycles. The van der Waals surface area contributed by atoms with Gasteiger partial charge < -0.3 is 14.5 Å². The van der Waals surface area contributed by atoms with Gasteiger partial charge in [0.15, 0.2) is 11.4 Å². The van der Waals surface area contributed by atoms with Gasteiger partial charge in [0.1, 0.15) is 17.9 Å². The van der Waals surface area contributed by atoms with Crippen LogP contribution in [0.3, 0.4) is 0 Å². The van der Waals surface area contributed by atoms with Gasteiger partial charge in [0.25, 0.3) is 5.91 Å². The minimum atomic E-state index is -0.103. The summed E-state index contributed by atoms with van der Waals surface area (Å²) >= 11 is 1.40. The van der Waals surface area contributed by atoms with Gasteiger partial charge in [-0.05, 0) is 29.6 Å². The first-order valence-corrected chi connectivity index (χ1v) is 9.94. The maximum atomic E-state index is 11.9. The number of rotatable bonds is 6. The van der Waals surface area contributed by atoms with Gasteiger partial charge in [-0.15, -0.1) is 16.4 Å². The average molecular weight is 404 g/mol. The fraction of sp³-hybridized carbons (Fsp3) is 0.0952. The van der Waals surface area contributed by atoms with E-state index in [0.717, 1.165) is 16.7 Å². The summed E-state index contributed by atoms with van der Waals surface area (Å²) < 4.78 is 13.3. The molecule has 1 N–H and O–H groups in total. The highest BCUT2D eigenvalue weighted by molar-refractivity contribution is 7.12. The molecule has 0 saturated heterocycles. The summed E-state index contributed by atoms with van der Waals surface area (Å²) in [6, 6.07) is 17.0. The highest BCUT2D eigenvalue weighted by atomic mass is 32.1. The molecule has 0 bridgehead atoms. The van der Waals surface area contributed by atoms with Crippen molar-refractivity contribution >= 4 is 33.9 Å². The van der Waals surface area contributed by atoms with E-state index in [4.69, 9.17) is 9.15 Å². The third-order valence-corrected chi connectivity index (χ3v) is 5.27. The summed E-state index contributed by atoms with van der Waals surface area (Å²) in [5.41, 5.74) is 2.25. The van der Waals surface area contributed by atoms with Crippen LogP contribution >= 0.6 is 11.3 Å². The summed E-state index contributed by atoms with van der Waals surface area (Å²) in [7, 11) is 0. The Morgan fingerprint density at radius 3 is 2.97 bits per heavy atom. The fourth-order valence-electron chi connectivity index (χ4n) is 3.02. The topological polar surface area (TPSA) is 81.7 Å². The number of hydrogen-bond acceptors (Lipinski definition) is 6. The molecule has 0 aliphatic rings. The average Bonchev–Trinajstić information content (AvgIpc) is 3.49. The minimum Gasteiger partial charge on any atom is -0.475 e. The van der Waals surface area contributed by atoms with Crippen molar-refractivity contribution in [2.24, 2.45) is 0 Å². The van der Waals surface area contributed by atoms with Crippen LogP contribution in [0.2, 0.25) is 0 Å². The van der Waals surface area contributed by atoms with Crippen LogP contribution in [0.25, 0.3) is 28.1 Å². The molecular weight excluding hydrogens is 388 g/mol. The minimum absolute atomic E-state index is 0.103. The number of amides is 1. The molecule has 7 nitrogen and oxygen atoms in total. The molecule has 0 unspecified atom stereocenters. The molecule has 0 atom stereocenters. The molecular formula is C21H16N4O3S. The second kappa shape index (κ2) is 7.40. The number of fused-ring (bicyclic) bond motifs is 2. The first kappa shape index (κ1) is 17.4. The van der Waals surface area contributed by atoms with Crippen LogP contribution in [0, 0.1) is 0 Å². The number of thiophene rings is 1. The van der Waals surface area contributed by atoms with E-state index in [1.807, 2.05) is 47.8 Å². The zero-order valence-electron chi connectivity index (χ0n) is 15.2. The van der Waals surface area contributed by atoms with Gasteiger partial charge in [-0.2, -0.15) is 0 Å². The van der Waals surface area contributed by atoms with E-state index in [2.05, 4.69) is 15.4 Å². The highest BCUT2D eigenvalue weighted by Gasteiger charge is 2.13. The quantitative estimate of drug-likeness (QED) is 0.433. The van der Waals surface area contributed by atoms with Crippen molar-refractivity contribution < 1.29 is 13.9 Å². The van der Waals surface area contributed by atoms with E-state index in [-0.39, 0.29) is 5.91 Å². The maximum Gasteiger partial charge on any atom is 0.261 e. The zero-order valence-corrected chi connectivity index (χ0v) is 16.1. The SMILES string of the molecule is O=C(NCCOc1ccc2ncc(-c3cc4ccccc4o3)n2n1)c1cccs1. The smallest absolute Gasteiger partial charge is 0.261 e. The summed E-state index contributed by atoms with van der Waals surface area (Å²) in [6.07, 6.45) is 1.73. The van der Waals surface area contributed by atoms with E-state index < -0.39 is 0 Å². The summed E-state index contributed by atoms with van der Waals surface area (Å²) in [4.78, 5) is 17.0. The van der Waals surface area contributed by atoms with Gasteiger partial charge in [0, 0.05) is 11.5 Å². The molecule has 0 aliphatic heterocycles. The number of nitrogens with one attached hydrogen (secondary N) is 1. The molecule has 1 aromatic carbocycles. The van der Waals surface area contributed by atoms with Crippen molar-refractivity contribution in [2.45, 2.75) is 0 Å². The molecule has 0 spiro atoms. The Labute approximate surface area is 169 Å². The number of aromatic nitrogens is 3. The molecule has 8 heteroatoms. The van der Waals surface area contributed by atoms with Gasteiger partial charge in [0.05, 0.1) is 17.6 Å². The van der Waals surface area contributed by atoms with Gasteiger partial charge in [-0.25, -0.2) is 9.50 Å². The van der Waals surface area contributed by atoms with Gasteiger partial charge in [0.2, 0.25) is 5.88 Å². The van der Waals surface area contributed by atoms with Crippen LogP contribution in [0.5, 0.6) is 5.88 Å². The van der Waals surface area contributed by atoms with Crippen LogP contribution in [0.15, 0.2) is 70.6 Å². The largest absolute Gasteiger partial charge is 0.475 e. The van der Waals surface area contributed by atoms with Crippen molar-refractivity contribution in [1.82, 2.24) is 19.9 Å². The molecule has 5 rings (SSSR count). The Hall–Kier alpha value is -3.65. The zero-order chi connectivity index (χ0) is 19.6. The number of hydrogen-bond donors (Lipinski definition) is 1.